The van der Waals surface area contributed by atoms with Crippen LogP contribution in [-0.4, -0.2) is 20.7 Å². The van der Waals surface area contributed by atoms with Crippen LogP contribution < -0.4 is 0 Å². The average molecular weight is 218 g/mol. The molecule has 0 saturated carbocycles. The molecule has 3 rings (SSSR count). The van der Waals surface area contributed by atoms with Crippen molar-refractivity contribution in [3.8, 4) is 0 Å². The first-order chi connectivity index (χ1) is 7.18. The lowest BCUT2D eigenvalue weighted by Crippen LogP contribution is -2.14. The van der Waals surface area contributed by atoms with E-state index in [1.165, 1.54) is 11.8 Å². The first-order valence-electron chi connectivity index (χ1n) is 4.87. The molecule has 0 fully saturated rings. The first kappa shape index (κ1) is 8.97. The summed E-state index contributed by atoms with van der Waals surface area (Å²) in [6, 6.07) is 5.93. The lowest BCUT2D eigenvalue weighted by molar-refractivity contribution is 0.0919. The standard InChI is InChI=1S/C11H10N2OS/c1-6-4-3-5-8-9(6)13-10(14)7(2)15-11(13)12-8/h3-5,7H,1-2H3. The molecule has 0 bridgehead atoms. The number of carbonyl (C=O) groups excluding carboxylic acids is 1. The maximum absolute atomic E-state index is 11.9. The molecular weight excluding hydrogens is 208 g/mol. The Morgan fingerprint density at radius 1 is 1.47 bits per heavy atom. The fraction of sp³-hybridized carbons (Fsp3) is 0.273. The minimum Gasteiger partial charge on any atom is -0.273 e. The molecule has 0 N–H and O–H groups in total. The summed E-state index contributed by atoms with van der Waals surface area (Å²) in [5.41, 5.74) is 2.99. The van der Waals surface area contributed by atoms with E-state index in [2.05, 4.69) is 4.98 Å². The molecule has 3 nitrogen and oxygen atoms in total. The van der Waals surface area contributed by atoms with Crippen molar-refractivity contribution in [2.24, 2.45) is 0 Å². The summed E-state index contributed by atoms with van der Waals surface area (Å²) in [6.45, 7) is 3.93. The number of aryl methyl sites for hydroxylation is 1. The number of para-hydroxylation sites is 1. The molecule has 0 amide bonds. The first-order valence-corrected chi connectivity index (χ1v) is 5.75. The largest absolute Gasteiger partial charge is 0.273 e. The molecule has 0 radical (unpaired) electrons. The number of imidazole rings is 1. The zero-order chi connectivity index (χ0) is 10.6. The molecule has 1 aliphatic rings. The van der Waals surface area contributed by atoms with E-state index >= 15 is 0 Å². The molecule has 1 aromatic carbocycles. The second-order valence-corrected chi connectivity index (χ2v) is 5.08. The second-order valence-electron chi connectivity index (χ2n) is 3.77. The third-order valence-electron chi connectivity index (χ3n) is 2.70. The Balaban J connectivity index is 2.42. The highest BCUT2D eigenvalue weighted by Crippen LogP contribution is 2.35. The zero-order valence-electron chi connectivity index (χ0n) is 8.52. The number of benzene rings is 1. The lowest BCUT2D eigenvalue weighted by atomic mass is 10.2. The number of fused-ring (bicyclic) bond motifs is 3. The average Bonchev–Trinajstić information content (AvgIpc) is 2.66. The van der Waals surface area contributed by atoms with Crippen LogP contribution in [0.4, 0.5) is 0 Å². The van der Waals surface area contributed by atoms with E-state index in [1.54, 1.807) is 4.57 Å². The van der Waals surface area contributed by atoms with Gasteiger partial charge in [-0.2, -0.15) is 0 Å². The van der Waals surface area contributed by atoms with Gasteiger partial charge in [0.2, 0.25) is 5.91 Å². The molecule has 1 aliphatic heterocycles. The van der Waals surface area contributed by atoms with Crippen molar-refractivity contribution in [3.63, 3.8) is 0 Å². The molecule has 1 unspecified atom stereocenters. The fourth-order valence-corrected chi connectivity index (χ4v) is 2.91. The third kappa shape index (κ3) is 1.08. The maximum Gasteiger partial charge on any atom is 0.246 e. The van der Waals surface area contributed by atoms with Gasteiger partial charge in [-0.25, -0.2) is 4.98 Å². The molecule has 0 spiro atoms. The normalized spacial score (nSPS) is 19.9. The molecule has 15 heavy (non-hydrogen) atoms. The van der Waals surface area contributed by atoms with Crippen LogP contribution in [0.15, 0.2) is 23.4 Å². The van der Waals surface area contributed by atoms with Crippen LogP contribution in [0.5, 0.6) is 0 Å². The van der Waals surface area contributed by atoms with Gasteiger partial charge in [-0.15, -0.1) is 0 Å². The molecule has 1 atom stereocenters. The van der Waals surface area contributed by atoms with E-state index in [9.17, 15) is 4.79 Å². The van der Waals surface area contributed by atoms with Crippen LogP contribution in [0.25, 0.3) is 11.0 Å². The quantitative estimate of drug-likeness (QED) is 0.681. The Morgan fingerprint density at radius 2 is 2.27 bits per heavy atom. The summed E-state index contributed by atoms with van der Waals surface area (Å²) in [4.78, 5) is 16.4. The van der Waals surface area contributed by atoms with Crippen molar-refractivity contribution < 1.29 is 4.79 Å². The van der Waals surface area contributed by atoms with E-state index < -0.39 is 0 Å². The summed E-state index contributed by atoms with van der Waals surface area (Å²) >= 11 is 1.54. The monoisotopic (exact) mass is 218 g/mol. The van der Waals surface area contributed by atoms with Gasteiger partial charge in [-0.05, 0) is 25.5 Å². The van der Waals surface area contributed by atoms with E-state index in [0.717, 1.165) is 21.8 Å². The minimum absolute atomic E-state index is 0.00324. The Morgan fingerprint density at radius 3 is 3.07 bits per heavy atom. The summed E-state index contributed by atoms with van der Waals surface area (Å²) in [5, 5.41) is 0.827. The fourth-order valence-electron chi connectivity index (χ4n) is 1.95. The number of rotatable bonds is 0. The van der Waals surface area contributed by atoms with Gasteiger partial charge >= 0.3 is 0 Å². The molecule has 0 saturated heterocycles. The van der Waals surface area contributed by atoms with Crippen molar-refractivity contribution >= 4 is 28.7 Å². The van der Waals surface area contributed by atoms with Crippen molar-refractivity contribution in [2.45, 2.75) is 24.3 Å². The predicted molar refractivity (Wildman–Crippen MR) is 60.4 cm³/mol. The third-order valence-corrected chi connectivity index (χ3v) is 3.74. The summed E-state index contributed by atoms with van der Waals surface area (Å²) in [5.74, 6) is 0.145. The SMILES string of the molecule is Cc1cccc2nc3n(c12)C(=O)C(C)S3. The van der Waals surface area contributed by atoms with Crippen LogP contribution in [0.3, 0.4) is 0 Å². The Labute approximate surface area is 91.5 Å². The molecule has 1 aromatic heterocycles. The van der Waals surface area contributed by atoms with Crippen LogP contribution in [0.1, 0.15) is 17.3 Å². The Kier molecular flexibility index (Phi) is 1.71. The van der Waals surface area contributed by atoms with E-state index in [1.807, 2.05) is 32.0 Å². The van der Waals surface area contributed by atoms with Crippen molar-refractivity contribution in [2.75, 3.05) is 0 Å². The van der Waals surface area contributed by atoms with Gasteiger partial charge in [0.1, 0.15) is 0 Å². The van der Waals surface area contributed by atoms with Crippen molar-refractivity contribution in [1.29, 1.82) is 0 Å². The summed E-state index contributed by atoms with van der Waals surface area (Å²) in [6.07, 6.45) is 0. The Bertz CT molecular complexity index is 573. The Hall–Kier alpha value is -1.29. The van der Waals surface area contributed by atoms with Gasteiger partial charge in [-0.1, -0.05) is 23.9 Å². The zero-order valence-corrected chi connectivity index (χ0v) is 9.34. The number of hydrogen-bond donors (Lipinski definition) is 0. The molecule has 4 heteroatoms. The predicted octanol–water partition coefficient (Wildman–Crippen LogP) is 2.48. The lowest BCUT2D eigenvalue weighted by Gasteiger charge is -2.01. The highest BCUT2D eigenvalue weighted by atomic mass is 32.2. The van der Waals surface area contributed by atoms with E-state index in [-0.39, 0.29) is 11.2 Å². The van der Waals surface area contributed by atoms with Gasteiger partial charge < -0.3 is 0 Å². The minimum atomic E-state index is -0.00324. The van der Waals surface area contributed by atoms with Crippen LogP contribution in [0.2, 0.25) is 0 Å². The topological polar surface area (TPSA) is 34.9 Å². The van der Waals surface area contributed by atoms with Gasteiger partial charge in [0.25, 0.3) is 0 Å². The van der Waals surface area contributed by atoms with Gasteiger partial charge in [-0.3, -0.25) is 9.36 Å². The molecule has 76 valence electrons. The molecule has 2 heterocycles. The van der Waals surface area contributed by atoms with Gasteiger partial charge in [0, 0.05) is 0 Å². The van der Waals surface area contributed by atoms with Gasteiger partial charge in [0.05, 0.1) is 16.3 Å². The highest BCUT2D eigenvalue weighted by molar-refractivity contribution is 8.00. The number of thioether (sulfide) groups is 1. The summed E-state index contributed by atoms with van der Waals surface area (Å²) < 4.78 is 1.75. The van der Waals surface area contributed by atoms with Crippen LogP contribution >= 0.6 is 11.8 Å². The van der Waals surface area contributed by atoms with Gasteiger partial charge in [0.15, 0.2) is 5.16 Å². The number of aromatic nitrogens is 2. The van der Waals surface area contributed by atoms with Crippen molar-refractivity contribution in [3.05, 3.63) is 23.8 Å². The second kappa shape index (κ2) is 2.85. The molecule has 2 aromatic rings. The number of nitrogens with zero attached hydrogens (tertiary/aromatic N) is 2. The molecular formula is C11H10N2OS. The summed E-state index contributed by atoms with van der Waals surface area (Å²) in [7, 11) is 0. The molecule has 0 aliphatic carbocycles. The number of carbonyl (C=O) groups is 1. The van der Waals surface area contributed by atoms with Crippen molar-refractivity contribution in [1.82, 2.24) is 9.55 Å². The number of hydrogen-bond acceptors (Lipinski definition) is 3. The van der Waals surface area contributed by atoms with E-state index in [0.29, 0.717) is 0 Å². The van der Waals surface area contributed by atoms with Crippen LogP contribution in [0, 0.1) is 6.92 Å². The smallest absolute Gasteiger partial charge is 0.246 e. The van der Waals surface area contributed by atoms with Crippen LogP contribution in [-0.2, 0) is 0 Å². The van der Waals surface area contributed by atoms with E-state index in [4.69, 9.17) is 0 Å². The maximum atomic E-state index is 11.9. The highest BCUT2D eigenvalue weighted by Gasteiger charge is 2.31.